The van der Waals surface area contributed by atoms with Crippen molar-refractivity contribution in [2.75, 3.05) is 6.54 Å². The zero-order chi connectivity index (χ0) is 5.33. The Morgan fingerprint density at radius 2 is 2.29 bits per heavy atom. The van der Waals surface area contributed by atoms with Crippen LogP contribution in [0, 0.1) is 0 Å². The second-order valence-corrected chi connectivity index (χ2v) is 1.42. The summed E-state index contributed by atoms with van der Waals surface area (Å²) < 4.78 is 23.5. The van der Waals surface area contributed by atoms with Crippen LogP contribution < -0.4 is 0 Å². The fourth-order valence-electron chi connectivity index (χ4n) is 0.389. The van der Waals surface area contributed by atoms with Gasteiger partial charge in [0.2, 0.25) is 5.92 Å². The van der Waals surface area contributed by atoms with Gasteiger partial charge in [0.25, 0.3) is 0 Å². The maximum absolute atomic E-state index is 11.8. The van der Waals surface area contributed by atoms with Crippen molar-refractivity contribution in [2.45, 2.75) is 5.92 Å². The van der Waals surface area contributed by atoms with Gasteiger partial charge in [0.1, 0.15) is 0 Å². The summed E-state index contributed by atoms with van der Waals surface area (Å²) >= 11 is 0. The van der Waals surface area contributed by atoms with Crippen molar-refractivity contribution < 1.29 is 8.78 Å². The first-order chi connectivity index (χ1) is 3.21. The Hall–Kier alpha value is -0.600. The van der Waals surface area contributed by atoms with Gasteiger partial charge in [0.05, 0.1) is 0 Å². The Kier molecular flexibility index (Phi) is 0.770. The molecule has 0 aromatic carbocycles. The van der Waals surface area contributed by atoms with Crippen molar-refractivity contribution in [3.05, 3.63) is 17.6 Å². The summed E-state index contributed by atoms with van der Waals surface area (Å²) in [4.78, 5) is 0. The van der Waals surface area contributed by atoms with Crippen molar-refractivity contribution >= 4 is 0 Å². The van der Waals surface area contributed by atoms with Crippen molar-refractivity contribution in [1.82, 2.24) is 0 Å². The first-order valence-corrected chi connectivity index (χ1v) is 1.93. The molecule has 0 atom stereocenters. The van der Waals surface area contributed by atoms with E-state index in [9.17, 15) is 8.78 Å². The first kappa shape index (κ1) is 4.56. The molecule has 7 heavy (non-hydrogen) atoms. The Labute approximate surface area is 40.0 Å². The fourth-order valence-corrected chi connectivity index (χ4v) is 0.389. The molecule has 1 aliphatic rings. The van der Waals surface area contributed by atoms with Crippen LogP contribution in [0.15, 0.2) is 12.3 Å². The molecule has 0 unspecified atom stereocenters. The predicted molar refractivity (Wildman–Crippen MR) is 22.3 cm³/mol. The molecule has 0 aromatic rings. The highest BCUT2D eigenvalue weighted by molar-refractivity contribution is 5.17. The van der Waals surface area contributed by atoms with Gasteiger partial charge >= 0.3 is 0 Å². The van der Waals surface area contributed by atoms with E-state index in [1.54, 1.807) is 0 Å². The van der Waals surface area contributed by atoms with Crippen LogP contribution >= 0.6 is 0 Å². The number of halogens is 2. The van der Waals surface area contributed by atoms with E-state index in [1.807, 2.05) is 0 Å². The number of hydrogen-bond donors (Lipinski definition) is 0. The highest BCUT2D eigenvalue weighted by Crippen LogP contribution is 2.23. The summed E-state index contributed by atoms with van der Waals surface area (Å²) in [5.74, 6) is -2.65. The summed E-state index contributed by atoms with van der Waals surface area (Å²) in [7, 11) is 0. The Morgan fingerprint density at radius 1 is 1.57 bits per heavy atom. The van der Waals surface area contributed by atoms with E-state index in [0.717, 1.165) is 12.3 Å². The van der Waals surface area contributed by atoms with Crippen LogP contribution in [0.3, 0.4) is 0 Å². The van der Waals surface area contributed by atoms with Crippen LogP contribution in [0.1, 0.15) is 0 Å². The van der Waals surface area contributed by atoms with Crippen LogP contribution in [0.2, 0.25) is 0 Å². The smallest absolute Gasteiger partial charge is 0.249 e. The van der Waals surface area contributed by atoms with Crippen molar-refractivity contribution in [3.63, 3.8) is 0 Å². The molecule has 0 bridgehead atoms. The average Bonchev–Trinajstić information content (AvgIpc) is 1.84. The molecule has 0 saturated carbocycles. The monoisotopic (exact) mass is 104 g/mol. The number of rotatable bonds is 0. The third-order valence-corrected chi connectivity index (χ3v) is 0.726. The van der Waals surface area contributed by atoms with Crippen LogP contribution in [-0.4, -0.2) is 12.5 Å². The highest BCUT2D eigenvalue weighted by Gasteiger charge is 2.20. The third-order valence-electron chi connectivity index (χ3n) is 0.726. The van der Waals surface area contributed by atoms with E-state index in [4.69, 9.17) is 0 Å². The molecule has 1 rings (SSSR count). The molecule has 0 fully saturated rings. The Morgan fingerprint density at radius 3 is 2.43 bits per heavy atom. The van der Waals surface area contributed by atoms with Gasteiger partial charge in [-0.3, -0.25) is 0 Å². The molecule has 40 valence electrons. The summed E-state index contributed by atoms with van der Waals surface area (Å²) in [6.45, 7) is -0.368. The largest absolute Gasteiger partial charge is 0.686 e. The lowest BCUT2D eigenvalue weighted by molar-refractivity contribution is 0.0782. The molecular formula is C4H4F2N-. The molecule has 0 aliphatic carbocycles. The summed E-state index contributed by atoms with van der Waals surface area (Å²) in [5, 5.41) is 3.31. The molecule has 1 aliphatic heterocycles. The van der Waals surface area contributed by atoms with E-state index in [0.29, 0.717) is 0 Å². The highest BCUT2D eigenvalue weighted by atomic mass is 19.3. The minimum Gasteiger partial charge on any atom is -0.686 e. The summed E-state index contributed by atoms with van der Waals surface area (Å²) in [6, 6.07) is 0. The molecule has 0 radical (unpaired) electrons. The van der Waals surface area contributed by atoms with Gasteiger partial charge in [0.15, 0.2) is 0 Å². The zero-order valence-corrected chi connectivity index (χ0v) is 3.56. The SMILES string of the molecule is FC1(F)C=C[N-]C1. The number of alkyl halides is 2. The lowest BCUT2D eigenvalue weighted by Gasteiger charge is -2.10. The molecule has 0 spiro atoms. The second-order valence-electron chi connectivity index (χ2n) is 1.42. The summed E-state index contributed by atoms with van der Waals surface area (Å²) in [6.07, 6.45) is 1.94. The van der Waals surface area contributed by atoms with Gasteiger partial charge in [-0.1, -0.05) is 6.54 Å². The van der Waals surface area contributed by atoms with Gasteiger partial charge in [-0.15, -0.1) is 0 Å². The van der Waals surface area contributed by atoms with Crippen molar-refractivity contribution in [2.24, 2.45) is 0 Å². The van der Waals surface area contributed by atoms with Crippen LogP contribution in [0.5, 0.6) is 0 Å². The molecule has 0 amide bonds. The summed E-state index contributed by atoms with van der Waals surface area (Å²) in [5.41, 5.74) is 0. The molecule has 3 heteroatoms. The third kappa shape index (κ3) is 0.885. The fraction of sp³-hybridized carbons (Fsp3) is 0.500. The second kappa shape index (κ2) is 1.18. The van der Waals surface area contributed by atoms with E-state index >= 15 is 0 Å². The van der Waals surface area contributed by atoms with E-state index in [2.05, 4.69) is 5.32 Å². The first-order valence-electron chi connectivity index (χ1n) is 1.93. The van der Waals surface area contributed by atoms with E-state index < -0.39 is 5.92 Å². The lowest BCUT2D eigenvalue weighted by atomic mass is 10.4. The Bertz CT molecular complexity index is 97.9. The maximum Gasteiger partial charge on any atom is 0.249 e. The molecular weight excluding hydrogens is 100 g/mol. The quantitative estimate of drug-likeness (QED) is 0.442. The van der Waals surface area contributed by atoms with E-state index in [1.165, 1.54) is 0 Å². The van der Waals surface area contributed by atoms with Crippen LogP contribution in [-0.2, 0) is 0 Å². The van der Waals surface area contributed by atoms with Crippen LogP contribution in [0.4, 0.5) is 8.78 Å². The molecule has 1 nitrogen and oxygen atoms in total. The minimum absolute atomic E-state index is 0.368. The van der Waals surface area contributed by atoms with Crippen LogP contribution in [0.25, 0.3) is 5.32 Å². The van der Waals surface area contributed by atoms with Gasteiger partial charge < -0.3 is 5.32 Å². The minimum atomic E-state index is -2.65. The average molecular weight is 104 g/mol. The molecule has 0 N–H and O–H groups in total. The van der Waals surface area contributed by atoms with Crippen molar-refractivity contribution in [3.8, 4) is 0 Å². The predicted octanol–water partition coefficient (Wildman–Crippen LogP) is 1.52. The zero-order valence-electron chi connectivity index (χ0n) is 3.56. The molecule has 0 saturated heterocycles. The maximum atomic E-state index is 11.8. The van der Waals surface area contributed by atoms with Gasteiger partial charge in [-0.25, -0.2) is 8.78 Å². The van der Waals surface area contributed by atoms with E-state index in [-0.39, 0.29) is 6.54 Å². The van der Waals surface area contributed by atoms with Gasteiger partial charge in [0, 0.05) is 0 Å². The standard InChI is InChI=1S/C4H4F2N/c5-4(6)1-2-7-3-4/h1-2H,3H2/q-1. The topological polar surface area (TPSA) is 14.1 Å². The number of hydrogen-bond acceptors (Lipinski definition) is 0. The lowest BCUT2D eigenvalue weighted by Crippen LogP contribution is -2.11. The van der Waals surface area contributed by atoms with Gasteiger partial charge in [-0.05, 0) is 6.08 Å². The molecule has 0 aromatic heterocycles. The van der Waals surface area contributed by atoms with Crippen molar-refractivity contribution in [1.29, 1.82) is 0 Å². The Balaban J connectivity index is 2.57. The number of nitrogens with zero attached hydrogens (tertiary/aromatic N) is 1. The molecule has 1 heterocycles. The normalized spacial score (nSPS) is 24.9. The van der Waals surface area contributed by atoms with Gasteiger partial charge in [-0.2, -0.15) is 6.20 Å².